The molecular formula is C17H18ClNO3. The Labute approximate surface area is 135 Å². The summed E-state index contributed by atoms with van der Waals surface area (Å²) in [4.78, 5) is 11.9. The molecule has 2 aromatic carbocycles. The Hall–Kier alpha value is -2.20. The normalized spacial score (nSPS) is 10.1. The molecule has 1 amide bonds. The molecule has 1 N–H and O–H groups in total. The van der Waals surface area contributed by atoms with E-state index < -0.39 is 0 Å². The zero-order valence-corrected chi connectivity index (χ0v) is 13.3. The lowest BCUT2D eigenvalue weighted by molar-refractivity contribution is -0.116. The fraction of sp³-hybridized carbons (Fsp3) is 0.235. The third kappa shape index (κ3) is 4.67. The van der Waals surface area contributed by atoms with E-state index in [2.05, 4.69) is 5.32 Å². The first kappa shape index (κ1) is 16.2. The summed E-state index contributed by atoms with van der Waals surface area (Å²) in [5, 5.41) is 3.43. The maximum absolute atomic E-state index is 11.9. The van der Waals surface area contributed by atoms with Gasteiger partial charge in [-0.1, -0.05) is 17.7 Å². The highest BCUT2D eigenvalue weighted by Gasteiger charge is 2.06. The second-order valence-corrected chi connectivity index (χ2v) is 5.22. The Kier molecular flexibility index (Phi) is 5.67. The molecular weight excluding hydrogens is 302 g/mol. The van der Waals surface area contributed by atoms with E-state index in [1.165, 1.54) is 0 Å². The molecule has 0 unspecified atom stereocenters. The Balaban J connectivity index is 1.81. The van der Waals surface area contributed by atoms with Gasteiger partial charge in [-0.05, 0) is 48.9 Å². The van der Waals surface area contributed by atoms with Crippen molar-refractivity contribution in [2.45, 2.75) is 13.3 Å². The summed E-state index contributed by atoms with van der Waals surface area (Å²) in [6.45, 7) is 2.22. The number of carbonyl (C=O) groups excluding carboxylic acids is 1. The minimum Gasteiger partial charge on any atom is -0.497 e. The summed E-state index contributed by atoms with van der Waals surface area (Å²) in [7, 11) is 1.61. The molecule has 0 atom stereocenters. The highest BCUT2D eigenvalue weighted by atomic mass is 35.5. The van der Waals surface area contributed by atoms with E-state index in [-0.39, 0.29) is 12.3 Å². The minimum atomic E-state index is -0.112. The molecule has 0 aliphatic heterocycles. The highest BCUT2D eigenvalue weighted by molar-refractivity contribution is 6.31. The van der Waals surface area contributed by atoms with Crippen molar-refractivity contribution in [3.05, 3.63) is 53.1 Å². The first-order chi connectivity index (χ1) is 10.6. The van der Waals surface area contributed by atoms with Gasteiger partial charge in [-0.2, -0.15) is 0 Å². The van der Waals surface area contributed by atoms with Gasteiger partial charge in [0.1, 0.15) is 11.5 Å². The van der Waals surface area contributed by atoms with E-state index in [4.69, 9.17) is 21.1 Å². The van der Waals surface area contributed by atoms with Crippen LogP contribution in [0.2, 0.25) is 5.02 Å². The fourth-order valence-electron chi connectivity index (χ4n) is 1.88. The van der Waals surface area contributed by atoms with Crippen molar-refractivity contribution in [2.75, 3.05) is 19.0 Å². The van der Waals surface area contributed by atoms with Crippen LogP contribution in [-0.4, -0.2) is 19.6 Å². The monoisotopic (exact) mass is 319 g/mol. The van der Waals surface area contributed by atoms with Crippen molar-refractivity contribution in [3.63, 3.8) is 0 Å². The zero-order valence-electron chi connectivity index (χ0n) is 12.6. The van der Waals surface area contributed by atoms with Crippen molar-refractivity contribution in [2.24, 2.45) is 0 Å². The standard InChI is InChI=1S/C17H18ClNO3/c1-12-3-4-13(18)11-16(12)19-17(20)9-10-22-15-7-5-14(21-2)6-8-15/h3-8,11H,9-10H2,1-2H3,(H,19,20). The number of anilines is 1. The van der Waals surface area contributed by atoms with Gasteiger partial charge in [-0.25, -0.2) is 0 Å². The predicted molar refractivity (Wildman–Crippen MR) is 87.9 cm³/mol. The van der Waals surface area contributed by atoms with Gasteiger partial charge in [-0.15, -0.1) is 0 Å². The van der Waals surface area contributed by atoms with Gasteiger partial charge < -0.3 is 14.8 Å². The van der Waals surface area contributed by atoms with Crippen LogP contribution in [0.1, 0.15) is 12.0 Å². The van der Waals surface area contributed by atoms with Crippen LogP contribution in [0.15, 0.2) is 42.5 Å². The summed E-state index contributed by atoms with van der Waals surface area (Å²) in [6, 6.07) is 12.6. The Morgan fingerprint density at radius 2 is 1.82 bits per heavy atom. The summed E-state index contributed by atoms with van der Waals surface area (Å²) in [5.41, 5.74) is 1.69. The van der Waals surface area contributed by atoms with Crippen LogP contribution in [0.4, 0.5) is 5.69 Å². The van der Waals surface area contributed by atoms with Crippen molar-refractivity contribution >= 4 is 23.2 Å². The number of benzene rings is 2. The lowest BCUT2D eigenvalue weighted by atomic mass is 10.2. The number of amides is 1. The molecule has 116 valence electrons. The van der Waals surface area contributed by atoms with Crippen molar-refractivity contribution < 1.29 is 14.3 Å². The molecule has 0 saturated carbocycles. The maximum atomic E-state index is 11.9. The van der Waals surface area contributed by atoms with Crippen molar-refractivity contribution in [1.29, 1.82) is 0 Å². The van der Waals surface area contributed by atoms with Crippen LogP contribution in [0.25, 0.3) is 0 Å². The number of carbonyl (C=O) groups is 1. The van der Waals surface area contributed by atoms with Crippen LogP contribution >= 0.6 is 11.6 Å². The zero-order chi connectivity index (χ0) is 15.9. The number of aryl methyl sites for hydroxylation is 1. The van der Waals surface area contributed by atoms with Gasteiger partial charge in [-0.3, -0.25) is 4.79 Å². The van der Waals surface area contributed by atoms with Gasteiger partial charge >= 0.3 is 0 Å². The van der Waals surface area contributed by atoms with Crippen LogP contribution in [0, 0.1) is 6.92 Å². The lowest BCUT2D eigenvalue weighted by Gasteiger charge is -2.10. The third-order valence-corrected chi connectivity index (χ3v) is 3.37. The molecule has 0 saturated heterocycles. The number of methoxy groups -OCH3 is 1. The molecule has 2 aromatic rings. The van der Waals surface area contributed by atoms with Gasteiger partial charge in [0.2, 0.25) is 5.91 Å². The third-order valence-electron chi connectivity index (χ3n) is 3.13. The number of rotatable bonds is 6. The SMILES string of the molecule is COc1ccc(OCCC(=O)Nc2cc(Cl)ccc2C)cc1. The number of nitrogens with one attached hydrogen (secondary N) is 1. The molecule has 4 nitrogen and oxygen atoms in total. The summed E-state index contributed by atoms with van der Waals surface area (Å²) < 4.78 is 10.6. The van der Waals surface area contributed by atoms with Gasteiger partial charge in [0.05, 0.1) is 20.1 Å². The van der Waals surface area contributed by atoms with E-state index >= 15 is 0 Å². The Morgan fingerprint density at radius 1 is 1.14 bits per heavy atom. The molecule has 0 bridgehead atoms. The number of hydrogen-bond acceptors (Lipinski definition) is 3. The van der Waals surface area contributed by atoms with E-state index in [9.17, 15) is 4.79 Å². The molecule has 2 rings (SSSR count). The maximum Gasteiger partial charge on any atom is 0.227 e. The Bertz CT molecular complexity index is 641. The van der Waals surface area contributed by atoms with E-state index in [1.807, 2.05) is 25.1 Å². The summed E-state index contributed by atoms with van der Waals surface area (Å²) in [5.74, 6) is 1.35. The fourth-order valence-corrected chi connectivity index (χ4v) is 2.05. The Morgan fingerprint density at radius 3 is 2.50 bits per heavy atom. The van der Waals surface area contributed by atoms with Crippen LogP contribution in [0.3, 0.4) is 0 Å². The smallest absolute Gasteiger partial charge is 0.227 e. The molecule has 0 fully saturated rings. The number of halogens is 1. The molecule has 0 aliphatic rings. The van der Waals surface area contributed by atoms with Gasteiger partial charge in [0.15, 0.2) is 0 Å². The average molecular weight is 320 g/mol. The van der Waals surface area contributed by atoms with Crippen LogP contribution in [0.5, 0.6) is 11.5 Å². The minimum absolute atomic E-state index is 0.112. The van der Waals surface area contributed by atoms with Crippen LogP contribution < -0.4 is 14.8 Å². The first-order valence-electron chi connectivity index (χ1n) is 6.91. The van der Waals surface area contributed by atoms with E-state index in [0.717, 1.165) is 17.0 Å². The number of ether oxygens (including phenoxy) is 2. The lowest BCUT2D eigenvalue weighted by Crippen LogP contribution is -2.15. The molecule has 0 spiro atoms. The summed E-state index contributed by atoms with van der Waals surface area (Å²) in [6.07, 6.45) is 0.262. The molecule has 0 radical (unpaired) electrons. The number of hydrogen-bond donors (Lipinski definition) is 1. The average Bonchev–Trinajstić information content (AvgIpc) is 2.51. The summed E-state index contributed by atoms with van der Waals surface area (Å²) >= 11 is 5.92. The van der Waals surface area contributed by atoms with Crippen molar-refractivity contribution in [1.82, 2.24) is 0 Å². The highest BCUT2D eigenvalue weighted by Crippen LogP contribution is 2.20. The van der Waals surface area contributed by atoms with E-state index in [1.54, 1.807) is 31.4 Å². The molecule has 0 aromatic heterocycles. The molecule has 5 heteroatoms. The quantitative estimate of drug-likeness (QED) is 0.873. The van der Waals surface area contributed by atoms with Gasteiger partial charge in [0, 0.05) is 10.7 Å². The van der Waals surface area contributed by atoms with Crippen molar-refractivity contribution in [3.8, 4) is 11.5 Å². The predicted octanol–water partition coefficient (Wildman–Crippen LogP) is 4.06. The molecule has 22 heavy (non-hydrogen) atoms. The van der Waals surface area contributed by atoms with E-state index in [0.29, 0.717) is 17.4 Å². The van der Waals surface area contributed by atoms with Crippen LogP contribution in [-0.2, 0) is 4.79 Å². The molecule has 0 aliphatic carbocycles. The second kappa shape index (κ2) is 7.71. The largest absolute Gasteiger partial charge is 0.497 e. The molecule has 0 heterocycles. The second-order valence-electron chi connectivity index (χ2n) is 4.78. The van der Waals surface area contributed by atoms with Gasteiger partial charge in [0.25, 0.3) is 0 Å². The first-order valence-corrected chi connectivity index (χ1v) is 7.29. The topological polar surface area (TPSA) is 47.6 Å².